The van der Waals surface area contributed by atoms with Crippen molar-refractivity contribution in [3.8, 4) is 0 Å². The fraction of sp³-hybridized carbons (Fsp3) is 0.455. The van der Waals surface area contributed by atoms with E-state index in [0.29, 0.717) is 24.5 Å². The maximum absolute atomic E-state index is 11.8. The summed E-state index contributed by atoms with van der Waals surface area (Å²) in [6.45, 7) is 0.791. The molecule has 1 unspecified atom stereocenters. The Morgan fingerprint density at radius 2 is 2.33 bits per heavy atom. The maximum atomic E-state index is 11.8. The molecule has 1 rings (SSSR count). The Kier molecular flexibility index (Phi) is 6.06. The van der Waals surface area contributed by atoms with Gasteiger partial charge in [0.15, 0.2) is 0 Å². The van der Waals surface area contributed by atoms with Gasteiger partial charge in [-0.25, -0.2) is 10.8 Å². The van der Waals surface area contributed by atoms with Crippen LogP contribution in [0.5, 0.6) is 0 Å². The SMILES string of the molecule is COCC(CNC(=O)c1ccnc(NN)c1)OC. The maximum Gasteiger partial charge on any atom is 0.251 e. The zero-order chi connectivity index (χ0) is 13.4. The van der Waals surface area contributed by atoms with Gasteiger partial charge in [-0.3, -0.25) is 4.79 Å². The average molecular weight is 254 g/mol. The van der Waals surface area contributed by atoms with Crippen molar-refractivity contribution in [1.29, 1.82) is 0 Å². The van der Waals surface area contributed by atoms with Crippen molar-refractivity contribution in [2.45, 2.75) is 6.10 Å². The van der Waals surface area contributed by atoms with Crippen molar-refractivity contribution in [2.24, 2.45) is 5.84 Å². The zero-order valence-corrected chi connectivity index (χ0v) is 10.5. The average Bonchev–Trinajstić information content (AvgIpc) is 2.43. The summed E-state index contributed by atoms with van der Waals surface area (Å²) >= 11 is 0. The molecule has 100 valence electrons. The molecule has 1 atom stereocenters. The van der Waals surface area contributed by atoms with Crippen LogP contribution in [0.1, 0.15) is 10.4 Å². The summed E-state index contributed by atoms with van der Waals surface area (Å²) in [6.07, 6.45) is 1.33. The molecule has 0 saturated heterocycles. The van der Waals surface area contributed by atoms with Crippen molar-refractivity contribution in [3.05, 3.63) is 23.9 Å². The number of pyridine rings is 1. The number of amides is 1. The van der Waals surface area contributed by atoms with Crippen LogP contribution in [0, 0.1) is 0 Å². The molecule has 0 aromatic carbocycles. The second-order valence-electron chi connectivity index (χ2n) is 3.60. The van der Waals surface area contributed by atoms with E-state index in [1.807, 2.05) is 0 Å². The van der Waals surface area contributed by atoms with Gasteiger partial charge in [0.1, 0.15) is 5.82 Å². The fourth-order valence-corrected chi connectivity index (χ4v) is 1.36. The lowest BCUT2D eigenvalue weighted by Crippen LogP contribution is -2.35. The third kappa shape index (κ3) is 4.28. The van der Waals surface area contributed by atoms with Gasteiger partial charge >= 0.3 is 0 Å². The Morgan fingerprint density at radius 3 is 2.94 bits per heavy atom. The molecule has 18 heavy (non-hydrogen) atoms. The molecule has 7 heteroatoms. The molecule has 7 nitrogen and oxygen atoms in total. The first-order valence-corrected chi connectivity index (χ1v) is 5.43. The molecule has 0 bridgehead atoms. The first-order valence-electron chi connectivity index (χ1n) is 5.43. The highest BCUT2D eigenvalue weighted by Gasteiger charge is 2.11. The highest BCUT2D eigenvalue weighted by atomic mass is 16.5. The number of nitrogens with zero attached hydrogens (tertiary/aromatic N) is 1. The van der Waals surface area contributed by atoms with Gasteiger partial charge in [-0.15, -0.1) is 0 Å². The summed E-state index contributed by atoms with van der Waals surface area (Å²) in [5.74, 6) is 5.44. The van der Waals surface area contributed by atoms with Gasteiger partial charge in [-0.2, -0.15) is 0 Å². The summed E-state index contributed by atoms with van der Waals surface area (Å²) in [5, 5.41) is 2.75. The number of methoxy groups -OCH3 is 2. The summed E-state index contributed by atoms with van der Waals surface area (Å²) in [5.41, 5.74) is 2.86. The van der Waals surface area contributed by atoms with Crippen LogP contribution in [0.3, 0.4) is 0 Å². The van der Waals surface area contributed by atoms with Gasteiger partial charge < -0.3 is 20.2 Å². The van der Waals surface area contributed by atoms with E-state index in [-0.39, 0.29) is 12.0 Å². The zero-order valence-electron chi connectivity index (χ0n) is 10.5. The van der Waals surface area contributed by atoms with Gasteiger partial charge in [-0.05, 0) is 12.1 Å². The second-order valence-corrected chi connectivity index (χ2v) is 3.60. The van der Waals surface area contributed by atoms with Crippen molar-refractivity contribution in [2.75, 3.05) is 32.8 Å². The molecule has 1 aromatic heterocycles. The minimum Gasteiger partial charge on any atom is -0.382 e. The van der Waals surface area contributed by atoms with Crippen LogP contribution in [-0.2, 0) is 9.47 Å². The third-order valence-electron chi connectivity index (χ3n) is 2.35. The molecule has 1 heterocycles. The van der Waals surface area contributed by atoms with E-state index in [9.17, 15) is 4.79 Å². The number of hydrogen-bond acceptors (Lipinski definition) is 6. The first kappa shape index (κ1) is 14.4. The van der Waals surface area contributed by atoms with Gasteiger partial charge in [0, 0.05) is 32.5 Å². The fourth-order valence-electron chi connectivity index (χ4n) is 1.36. The van der Waals surface area contributed by atoms with E-state index in [1.165, 1.54) is 6.20 Å². The van der Waals surface area contributed by atoms with E-state index in [4.69, 9.17) is 15.3 Å². The molecule has 0 aliphatic rings. The lowest BCUT2D eigenvalue weighted by molar-refractivity contribution is 0.0285. The lowest BCUT2D eigenvalue weighted by Gasteiger charge is -2.15. The number of nitrogens with two attached hydrogens (primary N) is 1. The molecule has 1 amide bonds. The Morgan fingerprint density at radius 1 is 1.56 bits per heavy atom. The molecule has 0 radical (unpaired) electrons. The predicted octanol–water partition coefficient (Wildman–Crippen LogP) is -0.242. The van der Waals surface area contributed by atoms with Crippen LogP contribution in [0.4, 0.5) is 5.82 Å². The van der Waals surface area contributed by atoms with Crippen LogP contribution in [0.15, 0.2) is 18.3 Å². The molecule has 4 N–H and O–H groups in total. The number of carbonyl (C=O) groups is 1. The quantitative estimate of drug-likeness (QED) is 0.459. The Hall–Kier alpha value is -1.70. The van der Waals surface area contributed by atoms with Crippen LogP contribution in [-0.4, -0.2) is 44.4 Å². The van der Waals surface area contributed by atoms with Crippen molar-refractivity contribution < 1.29 is 14.3 Å². The van der Waals surface area contributed by atoms with E-state index >= 15 is 0 Å². The highest BCUT2D eigenvalue weighted by Crippen LogP contribution is 2.05. The van der Waals surface area contributed by atoms with Crippen LogP contribution in [0.2, 0.25) is 0 Å². The lowest BCUT2D eigenvalue weighted by atomic mass is 10.2. The van der Waals surface area contributed by atoms with Crippen LogP contribution < -0.4 is 16.6 Å². The molecular formula is C11H18N4O3. The first-order chi connectivity index (χ1) is 8.71. The number of ether oxygens (including phenoxy) is 2. The molecular weight excluding hydrogens is 236 g/mol. The number of anilines is 1. The van der Waals surface area contributed by atoms with E-state index in [0.717, 1.165) is 0 Å². The summed E-state index contributed by atoms with van der Waals surface area (Å²) in [6, 6.07) is 3.17. The normalized spacial score (nSPS) is 11.9. The monoisotopic (exact) mass is 254 g/mol. The standard InChI is InChI=1S/C11H18N4O3/c1-17-7-9(18-2)6-14-11(16)8-3-4-13-10(5-8)15-12/h3-5,9H,6-7,12H2,1-2H3,(H,13,15)(H,14,16). The Bertz CT molecular complexity index is 386. The molecule has 1 aromatic rings. The molecule has 0 saturated carbocycles. The van der Waals surface area contributed by atoms with Gasteiger partial charge in [0.25, 0.3) is 5.91 Å². The van der Waals surface area contributed by atoms with Gasteiger partial charge in [0.2, 0.25) is 0 Å². The predicted molar refractivity (Wildman–Crippen MR) is 67.1 cm³/mol. The number of aromatic nitrogens is 1. The number of nitrogens with one attached hydrogen (secondary N) is 2. The molecule has 0 aliphatic carbocycles. The largest absolute Gasteiger partial charge is 0.382 e. The van der Waals surface area contributed by atoms with Crippen molar-refractivity contribution in [1.82, 2.24) is 10.3 Å². The van der Waals surface area contributed by atoms with E-state index in [1.54, 1.807) is 26.4 Å². The van der Waals surface area contributed by atoms with Crippen LogP contribution >= 0.6 is 0 Å². The summed E-state index contributed by atoms with van der Waals surface area (Å²) in [7, 11) is 3.15. The topological polar surface area (TPSA) is 98.5 Å². The number of hydrazine groups is 1. The van der Waals surface area contributed by atoms with Gasteiger partial charge in [0.05, 0.1) is 12.7 Å². The number of rotatable bonds is 7. The Balaban J connectivity index is 2.53. The van der Waals surface area contributed by atoms with Crippen LogP contribution in [0.25, 0.3) is 0 Å². The molecule has 0 fully saturated rings. The summed E-state index contributed by atoms with van der Waals surface area (Å²) < 4.78 is 10.1. The van der Waals surface area contributed by atoms with Gasteiger partial charge in [-0.1, -0.05) is 0 Å². The minimum atomic E-state index is -0.216. The molecule has 0 aliphatic heterocycles. The number of nitrogen functional groups attached to an aromatic ring is 1. The number of carbonyl (C=O) groups excluding carboxylic acids is 1. The van der Waals surface area contributed by atoms with Crippen molar-refractivity contribution in [3.63, 3.8) is 0 Å². The van der Waals surface area contributed by atoms with E-state index in [2.05, 4.69) is 15.7 Å². The third-order valence-corrected chi connectivity index (χ3v) is 2.35. The highest BCUT2D eigenvalue weighted by molar-refractivity contribution is 5.94. The Labute approximate surface area is 106 Å². The second kappa shape index (κ2) is 7.59. The summed E-state index contributed by atoms with van der Waals surface area (Å²) in [4.78, 5) is 15.8. The number of hydrogen-bond donors (Lipinski definition) is 3. The van der Waals surface area contributed by atoms with E-state index < -0.39 is 0 Å². The smallest absolute Gasteiger partial charge is 0.251 e. The van der Waals surface area contributed by atoms with Crippen molar-refractivity contribution >= 4 is 11.7 Å². The minimum absolute atomic E-state index is 0.173. The molecule has 0 spiro atoms.